The van der Waals surface area contributed by atoms with Gasteiger partial charge in [-0.3, -0.25) is 4.79 Å². The fourth-order valence-corrected chi connectivity index (χ4v) is 4.23. The number of thiophene rings is 1. The molecule has 1 saturated heterocycles. The zero-order valence-electron chi connectivity index (χ0n) is 14.9. The molecule has 1 amide bonds. The molecule has 2 N–H and O–H groups in total. The van der Waals surface area contributed by atoms with Crippen LogP contribution in [0, 0.1) is 6.92 Å². The van der Waals surface area contributed by atoms with Crippen LogP contribution in [0.5, 0.6) is 0 Å². The summed E-state index contributed by atoms with van der Waals surface area (Å²) in [5.74, 6) is -0.0674. The van der Waals surface area contributed by atoms with Gasteiger partial charge in [-0.15, -0.1) is 11.3 Å². The molecule has 7 heteroatoms. The number of imidazole rings is 1. The van der Waals surface area contributed by atoms with Gasteiger partial charge in [-0.2, -0.15) is 0 Å². The SMILES string of the molecule is CNC(=O)c1ccc(-c2nc3cc(C)ccn3c2CC2CNCCO2)s1. The third-order valence-electron chi connectivity index (χ3n) is 4.60. The van der Waals surface area contributed by atoms with Gasteiger partial charge in [-0.25, -0.2) is 4.98 Å². The van der Waals surface area contributed by atoms with E-state index in [4.69, 9.17) is 9.72 Å². The molecule has 0 saturated carbocycles. The quantitative estimate of drug-likeness (QED) is 0.739. The van der Waals surface area contributed by atoms with E-state index in [0.29, 0.717) is 4.88 Å². The molecule has 136 valence electrons. The zero-order chi connectivity index (χ0) is 18.1. The predicted octanol–water partition coefficient (Wildman–Crippen LogP) is 2.26. The van der Waals surface area contributed by atoms with Gasteiger partial charge in [0.05, 0.1) is 28.2 Å². The van der Waals surface area contributed by atoms with E-state index < -0.39 is 0 Å². The Balaban J connectivity index is 1.78. The summed E-state index contributed by atoms with van der Waals surface area (Å²) in [6, 6.07) is 8.01. The standard InChI is InChI=1S/C19H22N4O2S/c1-12-5-7-23-14(10-13-11-21-6-8-25-13)18(22-17(23)9-12)15-3-4-16(26-15)19(24)20-2/h3-5,7,9,13,21H,6,8,10-11H2,1-2H3,(H,20,24). The lowest BCUT2D eigenvalue weighted by molar-refractivity contribution is 0.0286. The van der Waals surface area contributed by atoms with Gasteiger partial charge in [-0.05, 0) is 36.8 Å². The molecule has 0 spiro atoms. The van der Waals surface area contributed by atoms with Crippen molar-refractivity contribution in [3.05, 3.63) is 46.6 Å². The lowest BCUT2D eigenvalue weighted by Gasteiger charge is -2.23. The molecule has 4 heterocycles. The number of aryl methyl sites for hydroxylation is 1. The number of amides is 1. The average Bonchev–Trinajstić information content (AvgIpc) is 3.27. The molecule has 1 aliphatic rings. The summed E-state index contributed by atoms with van der Waals surface area (Å²) in [5, 5.41) is 6.06. The number of fused-ring (bicyclic) bond motifs is 1. The van der Waals surface area contributed by atoms with Crippen LogP contribution >= 0.6 is 11.3 Å². The Morgan fingerprint density at radius 3 is 3.12 bits per heavy atom. The molecule has 0 aromatic carbocycles. The normalized spacial score (nSPS) is 17.5. The maximum atomic E-state index is 11.9. The number of hydrogen-bond donors (Lipinski definition) is 2. The first-order chi connectivity index (χ1) is 12.7. The van der Waals surface area contributed by atoms with E-state index in [9.17, 15) is 4.79 Å². The van der Waals surface area contributed by atoms with Crippen molar-refractivity contribution in [1.29, 1.82) is 0 Å². The molecule has 4 rings (SSSR count). The summed E-state index contributed by atoms with van der Waals surface area (Å²) in [6.07, 6.45) is 2.97. The van der Waals surface area contributed by atoms with Crippen molar-refractivity contribution in [3.63, 3.8) is 0 Å². The Labute approximate surface area is 156 Å². The number of pyridine rings is 1. The molecule has 1 unspecified atom stereocenters. The number of rotatable bonds is 4. The van der Waals surface area contributed by atoms with E-state index in [2.05, 4.69) is 40.3 Å². The molecule has 6 nitrogen and oxygen atoms in total. The molecule has 3 aromatic heterocycles. The van der Waals surface area contributed by atoms with Crippen LogP contribution in [-0.2, 0) is 11.2 Å². The van der Waals surface area contributed by atoms with Gasteiger partial charge in [0.1, 0.15) is 11.3 Å². The van der Waals surface area contributed by atoms with Crippen molar-refractivity contribution < 1.29 is 9.53 Å². The first kappa shape index (κ1) is 17.2. The fourth-order valence-electron chi connectivity index (χ4n) is 3.27. The zero-order valence-corrected chi connectivity index (χ0v) is 15.7. The second-order valence-electron chi connectivity index (χ2n) is 6.48. The lowest BCUT2D eigenvalue weighted by Crippen LogP contribution is -2.39. The first-order valence-corrected chi connectivity index (χ1v) is 9.59. The Kier molecular flexibility index (Phi) is 4.76. The maximum Gasteiger partial charge on any atom is 0.261 e. The van der Waals surface area contributed by atoms with Crippen LogP contribution in [0.2, 0.25) is 0 Å². The highest BCUT2D eigenvalue weighted by molar-refractivity contribution is 7.17. The third-order valence-corrected chi connectivity index (χ3v) is 5.69. The van der Waals surface area contributed by atoms with E-state index in [1.807, 2.05) is 12.1 Å². The van der Waals surface area contributed by atoms with Crippen molar-refractivity contribution in [1.82, 2.24) is 20.0 Å². The van der Waals surface area contributed by atoms with Gasteiger partial charge >= 0.3 is 0 Å². The van der Waals surface area contributed by atoms with Crippen molar-refractivity contribution in [2.24, 2.45) is 0 Å². The van der Waals surface area contributed by atoms with Crippen LogP contribution in [0.1, 0.15) is 20.9 Å². The number of hydrogen-bond acceptors (Lipinski definition) is 5. The van der Waals surface area contributed by atoms with Crippen LogP contribution in [0.15, 0.2) is 30.5 Å². The summed E-state index contributed by atoms with van der Waals surface area (Å²) >= 11 is 1.47. The van der Waals surface area contributed by atoms with Crippen LogP contribution < -0.4 is 10.6 Å². The third kappa shape index (κ3) is 3.25. The number of nitrogens with zero attached hydrogens (tertiary/aromatic N) is 2. The van der Waals surface area contributed by atoms with E-state index in [-0.39, 0.29) is 12.0 Å². The van der Waals surface area contributed by atoms with Crippen molar-refractivity contribution in [2.45, 2.75) is 19.4 Å². The van der Waals surface area contributed by atoms with Crippen molar-refractivity contribution in [2.75, 3.05) is 26.7 Å². The fraction of sp³-hybridized carbons (Fsp3) is 0.368. The average molecular weight is 370 g/mol. The summed E-state index contributed by atoms with van der Waals surface area (Å²) in [6.45, 7) is 4.54. The van der Waals surface area contributed by atoms with E-state index >= 15 is 0 Å². The number of morpholine rings is 1. The van der Waals surface area contributed by atoms with Crippen LogP contribution in [-0.4, -0.2) is 48.1 Å². The maximum absolute atomic E-state index is 11.9. The summed E-state index contributed by atoms with van der Waals surface area (Å²) in [5.41, 5.74) is 4.16. The Morgan fingerprint density at radius 2 is 2.35 bits per heavy atom. The number of ether oxygens (including phenoxy) is 1. The monoisotopic (exact) mass is 370 g/mol. The summed E-state index contributed by atoms with van der Waals surface area (Å²) in [7, 11) is 1.65. The molecule has 1 aliphatic heterocycles. The second kappa shape index (κ2) is 7.19. The van der Waals surface area contributed by atoms with Crippen LogP contribution in [0.25, 0.3) is 16.2 Å². The Hall–Kier alpha value is -2.22. The topological polar surface area (TPSA) is 67.7 Å². The second-order valence-corrected chi connectivity index (χ2v) is 7.57. The minimum Gasteiger partial charge on any atom is -0.375 e. The smallest absolute Gasteiger partial charge is 0.261 e. The number of aromatic nitrogens is 2. The van der Waals surface area contributed by atoms with Gasteiger partial charge in [0.25, 0.3) is 5.91 Å². The van der Waals surface area contributed by atoms with Gasteiger partial charge in [0.15, 0.2) is 0 Å². The van der Waals surface area contributed by atoms with Crippen molar-refractivity contribution in [3.8, 4) is 10.6 Å². The van der Waals surface area contributed by atoms with E-state index in [1.54, 1.807) is 7.05 Å². The lowest BCUT2D eigenvalue weighted by atomic mass is 10.1. The van der Waals surface area contributed by atoms with Gasteiger partial charge in [0.2, 0.25) is 0 Å². The highest BCUT2D eigenvalue weighted by Gasteiger charge is 2.22. The van der Waals surface area contributed by atoms with Crippen molar-refractivity contribution >= 4 is 22.9 Å². The minimum atomic E-state index is -0.0674. The molecule has 1 fully saturated rings. The minimum absolute atomic E-state index is 0.0674. The first-order valence-electron chi connectivity index (χ1n) is 8.78. The summed E-state index contributed by atoms with van der Waals surface area (Å²) < 4.78 is 8.05. The highest BCUT2D eigenvalue weighted by Crippen LogP contribution is 2.32. The van der Waals surface area contributed by atoms with Crippen LogP contribution in [0.3, 0.4) is 0 Å². The molecular formula is C19H22N4O2S. The van der Waals surface area contributed by atoms with Gasteiger partial charge in [-0.1, -0.05) is 0 Å². The van der Waals surface area contributed by atoms with Gasteiger partial charge in [0, 0.05) is 32.8 Å². The Morgan fingerprint density at radius 1 is 1.46 bits per heavy atom. The largest absolute Gasteiger partial charge is 0.375 e. The number of carbonyl (C=O) groups excluding carboxylic acids is 1. The number of carbonyl (C=O) groups is 1. The molecule has 1 atom stereocenters. The van der Waals surface area contributed by atoms with E-state index in [1.165, 1.54) is 16.9 Å². The van der Waals surface area contributed by atoms with Gasteiger partial charge < -0.3 is 19.8 Å². The molecule has 0 radical (unpaired) electrons. The van der Waals surface area contributed by atoms with E-state index in [0.717, 1.165) is 48.0 Å². The molecule has 3 aromatic rings. The summed E-state index contributed by atoms with van der Waals surface area (Å²) in [4.78, 5) is 18.5. The molecule has 0 aliphatic carbocycles. The Bertz CT molecular complexity index is 940. The van der Waals surface area contributed by atoms with Crippen LogP contribution in [0.4, 0.5) is 0 Å². The highest BCUT2D eigenvalue weighted by atomic mass is 32.1. The number of nitrogens with one attached hydrogen (secondary N) is 2. The molecule has 26 heavy (non-hydrogen) atoms. The predicted molar refractivity (Wildman–Crippen MR) is 103 cm³/mol. The molecular weight excluding hydrogens is 348 g/mol. The molecule has 0 bridgehead atoms.